The normalized spacial score (nSPS) is 12.3. The second-order valence-corrected chi connectivity index (χ2v) is 5.24. The van der Waals surface area contributed by atoms with Crippen LogP contribution in [0.3, 0.4) is 0 Å². The maximum absolute atomic E-state index is 13.9. The van der Waals surface area contributed by atoms with E-state index in [1.54, 1.807) is 22.6 Å². The molecule has 106 valence electrons. The molecule has 0 heterocycles. The Labute approximate surface area is 127 Å². The van der Waals surface area contributed by atoms with Crippen molar-refractivity contribution >= 4 is 22.6 Å². The molecule has 0 aromatic heterocycles. The summed E-state index contributed by atoms with van der Waals surface area (Å²) in [6.07, 6.45) is -1.52. The topological polar surface area (TPSA) is 29.5 Å². The van der Waals surface area contributed by atoms with Crippen LogP contribution in [0, 0.1) is 21.0 Å². The summed E-state index contributed by atoms with van der Waals surface area (Å²) in [7, 11) is 1.28. The van der Waals surface area contributed by atoms with E-state index in [9.17, 15) is 18.3 Å². The van der Waals surface area contributed by atoms with E-state index in [0.717, 1.165) is 18.2 Å². The zero-order valence-electron chi connectivity index (χ0n) is 10.3. The number of hydrogen-bond acceptors (Lipinski definition) is 2. The minimum absolute atomic E-state index is 0.0183. The number of hydrogen-bond donors (Lipinski definition) is 1. The van der Waals surface area contributed by atoms with Crippen molar-refractivity contribution in [2.75, 3.05) is 7.11 Å². The third kappa shape index (κ3) is 2.90. The Morgan fingerprint density at radius 2 is 1.70 bits per heavy atom. The third-order valence-electron chi connectivity index (χ3n) is 2.82. The molecule has 0 fully saturated rings. The lowest BCUT2D eigenvalue weighted by atomic mass is 10.0. The van der Waals surface area contributed by atoms with Crippen molar-refractivity contribution in [3.05, 3.63) is 62.5 Å². The first kappa shape index (κ1) is 15.1. The SMILES string of the molecule is COc1cc(F)c(C(O)c2ccc(F)cc2I)c(F)c1. The second-order valence-electron chi connectivity index (χ2n) is 4.07. The first-order chi connectivity index (χ1) is 9.43. The third-order valence-corrected chi connectivity index (χ3v) is 3.75. The lowest BCUT2D eigenvalue weighted by molar-refractivity contribution is 0.207. The zero-order valence-corrected chi connectivity index (χ0v) is 12.5. The monoisotopic (exact) mass is 394 g/mol. The number of aliphatic hydroxyl groups is 1. The summed E-state index contributed by atoms with van der Waals surface area (Å²) in [5.41, 5.74) is -0.259. The fourth-order valence-corrected chi connectivity index (χ4v) is 2.59. The molecule has 0 amide bonds. The van der Waals surface area contributed by atoms with E-state index < -0.39 is 29.1 Å². The van der Waals surface area contributed by atoms with E-state index in [-0.39, 0.29) is 11.3 Å². The van der Waals surface area contributed by atoms with Gasteiger partial charge in [0, 0.05) is 15.7 Å². The molecule has 0 aliphatic carbocycles. The maximum Gasteiger partial charge on any atom is 0.135 e. The molecule has 0 saturated heterocycles. The molecule has 6 heteroatoms. The van der Waals surface area contributed by atoms with Gasteiger partial charge in [0.05, 0.1) is 12.7 Å². The molecule has 0 saturated carbocycles. The average molecular weight is 394 g/mol. The first-order valence-electron chi connectivity index (χ1n) is 5.60. The summed E-state index contributed by atoms with van der Waals surface area (Å²) in [5, 5.41) is 10.1. The molecule has 0 spiro atoms. The molecule has 0 aliphatic heterocycles. The molecule has 1 unspecified atom stereocenters. The lowest BCUT2D eigenvalue weighted by Gasteiger charge is -2.16. The fraction of sp³-hybridized carbons (Fsp3) is 0.143. The van der Waals surface area contributed by atoms with Crippen LogP contribution in [0.2, 0.25) is 0 Å². The number of benzene rings is 2. The number of halogens is 4. The molecule has 2 aromatic carbocycles. The van der Waals surface area contributed by atoms with E-state index in [1.165, 1.54) is 19.2 Å². The van der Waals surface area contributed by atoms with Crippen LogP contribution < -0.4 is 4.74 Å². The highest BCUT2D eigenvalue weighted by molar-refractivity contribution is 14.1. The van der Waals surface area contributed by atoms with Gasteiger partial charge in [0.25, 0.3) is 0 Å². The average Bonchev–Trinajstić information content (AvgIpc) is 2.37. The largest absolute Gasteiger partial charge is 0.497 e. The van der Waals surface area contributed by atoms with Crippen molar-refractivity contribution in [2.24, 2.45) is 0 Å². The van der Waals surface area contributed by atoms with Gasteiger partial charge >= 0.3 is 0 Å². The van der Waals surface area contributed by atoms with Crippen LogP contribution in [-0.2, 0) is 0 Å². The Morgan fingerprint density at radius 1 is 1.10 bits per heavy atom. The van der Waals surface area contributed by atoms with E-state index >= 15 is 0 Å². The Kier molecular flexibility index (Phi) is 4.54. The van der Waals surface area contributed by atoms with E-state index in [2.05, 4.69) is 0 Å². The number of rotatable bonds is 3. The van der Waals surface area contributed by atoms with Gasteiger partial charge in [-0.3, -0.25) is 0 Å². The van der Waals surface area contributed by atoms with Gasteiger partial charge in [-0.05, 0) is 40.3 Å². The molecule has 0 bridgehead atoms. The predicted octanol–water partition coefficient (Wildman–Crippen LogP) is 3.80. The molecule has 1 N–H and O–H groups in total. The molecule has 20 heavy (non-hydrogen) atoms. The minimum Gasteiger partial charge on any atom is -0.497 e. The van der Waals surface area contributed by atoms with Crippen LogP contribution in [0.5, 0.6) is 5.75 Å². The molecule has 2 aromatic rings. The van der Waals surface area contributed by atoms with Crippen molar-refractivity contribution in [2.45, 2.75) is 6.10 Å². The van der Waals surface area contributed by atoms with Crippen molar-refractivity contribution in [3.8, 4) is 5.75 Å². The Hall–Kier alpha value is -1.28. The van der Waals surface area contributed by atoms with Gasteiger partial charge in [-0.25, -0.2) is 13.2 Å². The Bertz CT molecular complexity index is 623. The highest BCUT2D eigenvalue weighted by atomic mass is 127. The molecular weight excluding hydrogens is 384 g/mol. The molecule has 1 atom stereocenters. The van der Waals surface area contributed by atoms with Gasteiger partial charge in [0.15, 0.2) is 0 Å². The van der Waals surface area contributed by atoms with Crippen LogP contribution in [0.25, 0.3) is 0 Å². The predicted molar refractivity (Wildman–Crippen MR) is 76.1 cm³/mol. The molecule has 2 nitrogen and oxygen atoms in total. The highest BCUT2D eigenvalue weighted by Crippen LogP contribution is 2.32. The van der Waals surface area contributed by atoms with E-state index in [4.69, 9.17) is 4.74 Å². The number of aliphatic hydroxyl groups excluding tert-OH is 1. The summed E-state index contributed by atoms with van der Waals surface area (Å²) >= 11 is 1.80. The summed E-state index contributed by atoms with van der Waals surface area (Å²) in [5.74, 6) is -2.31. The van der Waals surface area contributed by atoms with Gasteiger partial charge < -0.3 is 9.84 Å². The second kappa shape index (κ2) is 6.01. The van der Waals surface area contributed by atoms with Crippen molar-refractivity contribution < 1.29 is 23.0 Å². The number of ether oxygens (including phenoxy) is 1. The molecule has 0 aliphatic rings. The van der Waals surface area contributed by atoms with Crippen LogP contribution in [0.15, 0.2) is 30.3 Å². The first-order valence-corrected chi connectivity index (χ1v) is 6.68. The summed E-state index contributed by atoms with van der Waals surface area (Å²) in [6.45, 7) is 0. The van der Waals surface area contributed by atoms with Crippen LogP contribution in [-0.4, -0.2) is 12.2 Å². The van der Waals surface area contributed by atoms with Crippen molar-refractivity contribution in [1.29, 1.82) is 0 Å². The van der Waals surface area contributed by atoms with E-state index in [0.29, 0.717) is 3.57 Å². The van der Waals surface area contributed by atoms with Crippen LogP contribution in [0.4, 0.5) is 13.2 Å². The molecule has 2 rings (SSSR count). The quantitative estimate of drug-likeness (QED) is 0.803. The van der Waals surface area contributed by atoms with Gasteiger partial charge in [-0.2, -0.15) is 0 Å². The Balaban J connectivity index is 2.50. The van der Waals surface area contributed by atoms with Gasteiger partial charge in [-0.15, -0.1) is 0 Å². The summed E-state index contributed by atoms with van der Waals surface area (Å²) in [6, 6.07) is 5.57. The fourth-order valence-electron chi connectivity index (χ4n) is 1.82. The standard InChI is InChI=1S/C14H10F3IO2/c1-20-8-5-10(16)13(11(17)6-8)14(19)9-3-2-7(15)4-12(9)18/h2-6,14,19H,1H3. The Morgan fingerprint density at radius 3 is 2.20 bits per heavy atom. The molecular formula is C14H10F3IO2. The van der Waals surface area contributed by atoms with Crippen LogP contribution >= 0.6 is 22.6 Å². The van der Waals surface area contributed by atoms with Gasteiger partial charge in [0.2, 0.25) is 0 Å². The minimum atomic E-state index is -1.52. The van der Waals surface area contributed by atoms with Crippen LogP contribution in [0.1, 0.15) is 17.2 Å². The highest BCUT2D eigenvalue weighted by Gasteiger charge is 2.23. The number of methoxy groups -OCH3 is 1. The molecule has 0 radical (unpaired) electrons. The van der Waals surface area contributed by atoms with Gasteiger partial charge in [0.1, 0.15) is 29.3 Å². The van der Waals surface area contributed by atoms with Gasteiger partial charge in [-0.1, -0.05) is 6.07 Å². The summed E-state index contributed by atoms with van der Waals surface area (Å²) in [4.78, 5) is 0. The zero-order chi connectivity index (χ0) is 14.9. The van der Waals surface area contributed by atoms with Crippen molar-refractivity contribution in [1.82, 2.24) is 0 Å². The van der Waals surface area contributed by atoms with Crippen molar-refractivity contribution in [3.63, 3.8) is 0 Å². The maximum atomic E-state index is 13.9. The lowest BCUT2D eigenvalue weighted by Crippen LogP contribution is -2.08. The van der Waals surface area contributed by atoms with E-state index in [1.807, 2.05) is 0 Å². The smallest absolute Gasteiger partial charge is 0.135 e. The summed E-state index contributed by atoms with van der Waals surface area (Å²) < 4.78 is 45.9.